The highest BCUT2D eigenvalue weighted by Crippen LogP contribution is 2.26. The van der Waals surface area contributed by atoms with E-state index >= 15 is 0 Å². The second kappa shape index (κ2) is 8.14. The molecule has 0 amide bonds. The molecule has 1 aromatic heterocycles. The van der Waals surface area contributed by atoms with Gasteiger partial charge in [0.25, 0.3) is 10.0 Å². The van der Waals surface area contributed by atoms with Crippen LogP contribution in [0.15, 0.2) is 59.5 Å². The molecule has 146 valence electrons. The Labute approximate surface area is 165 Å². The maximum Gasteiger partial charge on any atom is 0.263 e. The molecule has 1 saturated carbocycles. The van der Waals surface area contributed by atoms with Crippen molar-refractivity contribution in [2.24, 2.45) is 5.92 Å². The molecule has 0 bridgehead atoms. The van der Waals surface area contributed by atoms with Crippen LogP contribution in [0.4, 0.5) is 11.8 Å². The molecule has 2 aromatic carbocycles. The van der Waals surface area contributed by atoms with Crippen LogP contribution >= 0.6 is 0 Å². The summed E-state index contributed by atoms with van der Waals surface area (Å²) in [4.78, 5) is 9.25. The molecule has 7 heteroatoms. The fourth-order valence-corrected chi connectivity index (χ4v) is 4.69. The second-order valence-corrected chi connectivity index (χ2v) is 8.90. The number of hydrogen-bond donors (Lipinski definition) is 2. The summed E-state index contributed by atoms with van der Waals surface area (Å²) in [6.45, 7) is 0.809. The topological polar surface area (TPSA) is 84.0 Å². The van der Waals surface area contributed by atoms with Crippen molar-refractivity contribution in [3.8, 4) is 0 Å². The number of aromatic nitrogens is 2. The zero-order valence-corrected chi connectivity index (χ0v) is 16.5. The van der Waals surface area contributed by atoms with Gasteiger partial charge in [0.1, 0.15) is 0 Å². The first-order valence-corrected chi connectivity index (χ1v) is 11.2. The predicted molar refractivity (Wildman–Crippen MR) is 112 cm³/mol. The van der Waals surface area contributed by atoms with Crippen LogP contribution in [0.2, 0.25) is 0 Å². The van der Waals surface area contributed by atoms with Gasteiger partial charge in [-0.2, -0.15) is 4.98 Å². The molecular weight excluding hydrogens is 372 g/mol. The summed E-state index contributed by atoms with van der Waals surface area (Å²) < 4.78 is 28.2. The number of sulfonamides is 1. The molecule has 4 rings (SSSR count). The Kier molecular flexibility index (Phi) is 5.43. The first kappa shape index (κ1) is 18.7. The Balaban J connectivity index is 1.63. The largest absolute Gasteiger partial charge is 0.354 e. The molecule has 3 aromatic rings. The summed E-state index contributed by atoms with van der Waals surface area (Å²) in [6.07, 6.45) is 6.29. The highest BCUT2D eigenvalue weighted by Gasteiger charge is 2.18. The normalized spacial score (nSPS) is 15.4. The number of para-hydroxylation sites is 1. The van der Waals surface area contributed by atoms with E-state index in [-0.39, 0.29) is 4.90 Å². The van der Waals surface area contributed by atoms with Crippen LogP contribution < -0.4 is 10.0 Å². The summed E-state index contributed by atoms with van der Waals surface area (Å²) in [5.74, 6) is 1.36. The summed E-state index contributed by atoms with van der Waals surface area (Å²) in [6, 6.07) is 15.7. The van der Waals surface area contributed by atoms with E-state index in [1.807, 2.05) is 24.3 Å². The monoisotopic (exact) mass is 396 g/mol. The molecule has 0 aliphatic heterocycles. The van der Waals surface area contributed by atoms with Crippen molar-refractivity contribution in [3.05, 3.63) is 54.6 Å². The second-order valence-electron chi connectivity index (χ2n) is 7.22. The smallest absolute Gasteiger partial charge is 0.263 e. The fraction of sp³-hybridized carbons (Fsp3) is 0.333. The van der Waals surface area contributed by atoms with Crippen LogP contribution in [0.25, 0.3) is 10.9 Å². The molecule has 0 atom stereocenters. The maximum atomic E-state index is 12.8. The van der Waals surface area contributed by atoms with Crippen LogP contribution in [-0.2, 0) is 10.0 Å². The number of hydrogen-bond acceptors (Lipinski definition) is 5. The van der Waals surface area contributed by atoms with Gasteiger partial charge in [0.05, 0.1) is 10.4 Å². The Morgan fingerprint density at radius 2 is 1.61 bits per heavy atom. The Morgan fingerprint density at radius 1 is 0.893 bits per heavy atom. The lowest BCUT2D eigenvalue weighted by atomic mass is 9.89. The number of nitrogens with one attached hydrogen (secondary N) is 2. The highest BCUT2D eigenvalue weighted by atomic mass is 32.2. The minimum Gasteiger partial charge on any atom is -0.354 e. The van der Waals surface area contributed by atoms with E-state index in [0.717, 1.165) is 6.54 Å². The lowest BCUT2D eigenvalue weighted by Crippen LogP contribution is -2.19. The van der Waals surface area contributed by atoms with Gasteiger partial charge in [0.2, 0.25) is 5.95 Å². The molecule has 1 aliphatic carbocycles. The molecule has 1 fully saturated rings. The molecule has 1 aliphatic rings. The van der Waals surface area contributed by atoms with E-state index in [1.54, 1.807) is 30.3 Å². The predicted octanol–water partition coefficient (Wildman–Crippen LogP) is 4.42. The molecule has 1 heterocycles. The first-order chi connectivity index (χ1) is 13.6. The van der Waals surface area contributed by atoms with Crippen LogP contribution in [0.5, 0.6) is 0 Å². The minimum absolute atomic E-state index is 0.203. The first-order valence-electron chi connectivity index (χ1n) is 9.70. The van der Waals surface area contributed by atoms with E-state index in [0.29, 0.717) is 28.6 Å². The van der Waals surface area contributed by atoms with Gasteiger partial charge in [0.15, 0.2) is 5.82 Å². The summed E-state index contributed by atoms with van der Waals surface area (Å²) in [5, 5.41) is 3.99. The maximum absolute atomic E-state index is 12.8. The molecule has 0 saturated heterocycles. The van der Waals surface area contributed by atoms with Crippen LogP contribution in [0, 0.1) is 5.92 Å². The minimum atomic E-state index is -3.73. The molecule has 0 spiro atoms. The van der Waals surface area contributed by atoms with Crippen molar-refractivity contribution in [2.75, 3.05) is 16.6 Å². The van der Waals surface area contributed by atoms with Gasteiger partial charge in [-0.3, -0.25) is 4.72 Å². The highest BCUT2D eigenvalue weighted by molar-refractivity contribution is 7.92. The summed E-state index contributed by atoms with van der Waals surface area (Å²) in [5.41, 5.74) is 0.703. The van der Waals surface area contributed by atoms with E-state index in [1.165, 1.54) is 32.1 Å². The summed E-state index contributed by atoms with van der Waals surface area (Å²) in [7, 11) is -3.73. The van der Waals surface area contributed by atoms with Crippen LogP contribution in [-0.4, -0.2) is 24.9 Å². The SMILES string of the molecule is O=S(=O)(Nc1nc(NCC2CCCCC2)nc2ccccc12)c1ccccc1. The van der Waals surface area contributed by atoms with E-state index < -0.39 is 10.0 Å². The standard InChI is InChI=1S/C21H24N4O2S/c26-28(27,17-11-5-2-6-12-17)25-20-18-13-7-8-14-19(18)23-21(24-20)22-15-16-9-3-1-4-10-16/h2,5-8,11-14,16H,1,3-4,9-10,15H2,(H2,22,23,24,25). The summed E-state index contributed by atoms with van der Waals surface area (Å²) >= 11 is 0. The lowest BCUT2D eigenvalue weighted by Gasteiger charge is -2.22. The molecule has 0 radical (unpaired) electrons. The molecule has 0 unspecified atom stereocenters. The van der Waals surface area contributed by atoms with Crippen LogP contribution in [0.1, 0.15) is 32.1 Å². The van der Waals surface area contributed by atoms with Crippen molar-refractivity contribution >= 4 is 32.7 Å². The average molecular weight is 397 g/mol. The van der Waals surface area contributed by atoms with Gasteiger partial charge in [-0.05, 0) is 43.0 Å². The Hall–Kier alpha value is -2.67. The van der Waals surface area contributed by atoms with Gasteiger partial charge in [-0.15, -0.1) is 0 Å². The van der Waals surface area contributed by atoms with Gasteiger partial charge in [-0.1, -0.05) is 49.6 Å². The van der Waals surface area contributed by atoms with Gasteiger partial charge in [0, 0.05) is 11.9 Å². The van der Waals surface area contributed by atoms with Crippen molar-refractivity contribution in [1.82, 2.24) is 9.97 Å². The van der Waals surface area contributed by atoms with E-state index in [4.69, 9.17) is 0 Å². The number of anilines is 2. The van der Waals surface area contributed by atoms with Crippen molar-refractivity contribution in [1.29, 1.82) is 0 Å². The molecule has 28 heavy (non-hydrogen) atoms. The molecule has 2 N–H and O–H groups in total. The third-order valence-electron chi connectivity index (χ3n) is 5.16. The molecular formula is C21H24N4O2S. The van der Waals surface area contributed by atoms with Crippen molar-refractivity contribution in [2.45, 2.75) is 37.0 Å². The fourth-order valence-electron chi connectivity index (χ4n) is 3.65. The van der Waals surface area contributed by atoms with E-state index in [9.17, 15) is 8.42 Å². The lowest BCUT2D eigenvalue weighted by molar-refractivity contribution is 0.373. The zero-order valence-electron chi connectivity index (χ0n) is 15.6. The molecule has 6 nitrogen and oxygen atoms in total. The number of benzene rings is 2. The quantitative estimate of drug-likeness (QED) is 0.644. The Morgan fingerprint density at radius 3 is 2.39 bits per heavy atom. The third-order valence-corrected chi connectivity index (χ3v) is 6.52. The van der Waals surface area contributed by atoms with Gasteiger partial charge < -0.3 is 5.32 Å². The van der Waals surface area contributed by atoms with Gasteiger partial charge >= 0.3 is 0 Å². The number of nitrogens with zero attached hydrogens (tertiary/aromatic N) is 2. The van der Waals surface area contributed by atoms with E-state index in [2.05, 4.69) is 20.0 Å². The van der Waals surface area contributed by atoms with Crippen molar-refractivity contribution in [3.63, 3.8) is 0 Å². The van der Waals surface area contributed by atoms with Crippen molar-refractivity contribution < 1.29 is 8.42 Å². The van der Waals surface area contributed by atoms with Crippen LogP contribution in [0.3, 0.4) is 0 Å². The van der Waals surface area contributed by atoms with Gasteiger partial charge in [-0.25, -0.2) is 13.4 Å². The number of rotatable bonds is 6. The third kappa shape index (κ3) is 4.25. The average Bonchev–Trinajstić information content (AvgIpc) is 2.73. The zero-order chi connectivity index (χ0) is 19.4. The number of fused-ring (bicyclic) bond motifs is 1. The Bertz CT molecular complexity index is 1050.